The molecule has 16 heavy (non-hydrogen) atoms. The van der Waals surface area contributed by atoms with E-state index in [0.717, 1.165) is 21.9 Å². The maximum atomic E-state index is 10.9. The molecule has 3 nitrogen and oxygen atoms in total. The maximum Gasteiger partial charge on any atom is 0.147 e. The second kappa shape index (κ2) is 5.59. The maximum absolute atomic E-state index is 10.9. The molecule has 0 unspecified atom stereocenters. The molecule has 0 aromatic heterocycles. The summed E-state index contributed by atoms with van der Waals surface area (Å²) in [4.78, 5) is 1.14. The van der Waals surface area contributed by atoms with Gasteiger partial charge in [0.25, 0.3) is 0 Å². The monoisotopic (exact) mass is 259 g/mol. The normalized spacial score (nSPS) is 11.6. The van der Waals surface area contributed by atoms with E-state index in [4.69, 9.17) is 5.73 Å². The molecule has 0 atom stereocenters. The third kappa shape index (κ3) is 4.90. The number of aryl methyl sites for hydroxylation is 1. The topological polar surface area (TPSA) is 60.2 Å². The van der Waals surface area contributed by atoms with Crippen LogP contribution in [0.4, 0.5) is 5.69 Å². The number of rotatable bonds is 5. The number of nitrogens with two attached hydrogens (primary N) is 1. The second-order valence-corrected chi connectivity index (χ2v) is 7.28. The van der Waals surface area contributed by atoms with Crippen LogP contribution in [0.1, 0.15) is 12.0 Å². The zero-order valence-corrected chi connectivity index (χ0v) is 11.2. The highest BCUT2D eigenvalue weighted by Gasteiger charge is 2.02. The van der Waals surface area contributed by atoms with Crippen LogP contribution in [0, 0.1) is 6.92 Å². The summed E-state index contributed by atoms with van der Waals surface area (Å²) in [5.41, 5.74) is 7.57. The summed E-state index contributed by atoms with van der Waals surface area (Å²) < 4.78 is 21.8. The van der Waals surface area contributed by atoms with Gasteiger partial charge in [-0.15, -0.1) is 11.8 Å². The fraction of sp³-hybridized carbons (Fsp3) is 0.455. The molecular formula is C11H17NO2S2. The Kier molecular flexibility index (Phi) is 4.68. The van der Waals surface area contributed by atoms with Gasteiger partial charge in [-0.05, 0) is 42.9 Å². The zero-order valence-electron chi connectivity index (χ0n) is 9.56. The summed E-state index contributed by atoms with van der Waals surface area (Å²) >= 11 is 1.66. The fourth-order valence-electron chi connectivity index (χ4n) is 1.25. The Morgan fingerprint density at radius 3 is 2.62 bits per heavy atom. The molecule has 2 N–H and O–H groups in total. The van der Waals surface area contributed by atoms with E-state index < -0.39 is 9.84 Å². The van der Waals surface area contributed by atoms with E-state index in [1.165, 1.54) is 6.26 Å². The van der Waals surface area contributed by atoms with E-state index in [1.54, 1.807) is 11.8 Å². The molecule has 1 aromatic carbocycles. The van der Waals surface area contributed by atoms with Crippen molar-refractivity contribution in [3.63, 3.8) is 0 Å². The molecule has 0 aliphatic heterocycles. The van der Waals surface area contributed by atoms with Crippen molar-refractivity contribution in [1.29, 1.82) is 0 Å². The summed E-state index contributed by atoms with van der Waals surface area (Å²) in [5, 5.41) is 0. The SMILES string of the molecule is Cc1cc(SCCCS(C)(=O)=O)ccc1N. The number of thioether (sulfide) groups is 1. The van der Waals surface area contributed by atoms with Crippen LogP contribution in [0.25, 0.3) is 0 Å². The Balaban J connectivity index is 2.41. The standard InChI is InChI=1S/C11H17NO2S2/c1-9-8-10(4-5-11(9)12)15-6-3-7-16(2,13)14/h4-5,8H,3,6-7,12H2,1-2H3. The van der Waals surface area contributed by atoms with Gasteiger partial charge in [0.2, 0.25) is 0 Å². The summed E-state index contributed by atoms with van der Waals surface area (Å²) in [5.74, 6) is 1.07. The molecule has 0 amide bonds. The van der Waals surface area contributed by atoms with Crippen molar-refractivity contribution in [1.82, 2.24) is 0 Å². The van der Waals surface area contributed by atoms with Crippen LogP contribution in [-0.2, 0) is 9.84 Å². The van der Waals surface area contributed by atoms with Gasteiger partial charge in [-0.25, -0.2) is 8.42 Å². The molecule has 90 valence electrons. The van der Waals surface area contributed by atoms with E-state index >= 15 is 0 Å². The minimum atomic E-state index is -2.83. The first kappa shape index (κ1) is 13.4. The number of hydrogen-bond acceptors (Lipinski definition) is 4. The van der Waals surface area contributed by atoms with E-state index in [9.17, 15) is 8.42 Å². The molecule has 5 heteroatoms. The Bertz CT molecular complexity index is 455. The van der Waals surface area contributed by atoms with Crippen LogP contribution in [-0.4, -0.2) is 26.2 Å². The molecule has 0 saturated carbocycles. The highest BCUT2D eigenvalue weighted by Crippen LogP contribution is 2.22. The van der Waals surface area contributed by atoms with Gasteiger partial charge in [-0.3, -0.25) is 0 Å². The molecule has 0 saturated heterocycles. The molecule has 0 spiro atoms. The van der Waals surface area contributed by atoms with Crippen LogP contribution < -0.4 is 5.73 Å². The van der Waals surface area contributed by atoms with E-state index in [0.29, 0.717) is 6.42 Å². The van der Waals surface area contributed by atoms with Gasteiger partial charge in [-0.2, -0.15) is 0 Å². The van der Waals surface area contributed by atoms with Crippen molar-refractivity contribution in [3.05, 3.63) is 23.8 Å². The predicted molar refractivity (Wildman–Crippen MR) is 70.6 cm³/mol. The van der Waals surface area contributed by atoms with Crippen molar-refractivity contribution >= 4 is 27.3 Å². The minimum Gasteiger partial charge on any atom is -0.399 e. The van der Waals surface area contributed by atoms with Crippen molar-refractivity contribution in [2.45, 2.75) is 18.2 Å². The number of nitrogen functional groups attached to an aromatic ring is 1. The van der Waals surface area contributed by atoms with Crippen molar-refractivity contribution < 1.29 is 8.42 Å². The van der Waals surface area contributed by atoms with Crippen molar-refractivity contribution in [2.75, 3.05) is 23.5 Å². The number of benzene rings is 1. The first-order valence-electron chi connectivity index (χ1n) is 5.05. The average Bonchev–Trinajstić information content (AvgIpc) is 2.17. The first-order chi connectivity index (χ1) is 7.38. The van der Waals surface area contributed by atoms with Crippen LogP contribution in [0.3, 0.4) is 0 Å². The summed E-state index contributed by atoms with van der Waals surface area (Å²) in [6, 6.07) is 5.88. The lowest BCUT2D eigenvalue weighted by atomic mass is 10.2. The van der Waals surface area contributed by atoms with Crippen LogP contribution >= 0.6 is 11.8 Å². The molecule has 0 radical (unpaired) electrons. The van der Waals surface area contributed by atoms with Crippen molar-refractivity contribution in [3.8, 4) is 0 Å². The van der Waals surface area contributed by atoms with Crippen LogP contribution in [0.2, 0.25) is 0 Å². The summed E-state index contributed by atoms with van der Waals surface area (Å²) in [7, 11) is -2.83. The molecule has 0 aliphatic rings. The van der Waals surface area contributed by atoms with Gasteiger partial charge in [0.1, 0.15) is 9.84 Å². The average molecular weight is 259 g/mol. The van der Waals surface area contributed by atoms with Gasteiger partial charge in [0, 0.05) is 16.8 Å². The predicted octanol–water partition coefficient (Wildman–Crippen LogP) is 2.10. The molecular weight excluding hydrogens is 242 g/mol. The minimum absolute atomic E-state index is 0.258. The molecule has 1 rings (SSSR count). The lowest BCUT2D eigenvalue weighted by Gasteiger charge is -2.04. The quantitative estimate of drug-likeness (QED) is 0.500. The third-order valence-corrected chi connectivity index (χ3v) is 4.28. The first-order valence-corrected chi connectivity index (χ1v) is 8.10. The summed E-state index contributed by atoms with van der Waals surface area (Å²) in [6.07, 6.45) is 1.96. The van der Waals surface area contributed by atoms with Crippen LogP contribution in [0.15, 0.2) is 23.1 Å². The van der Waals surface area contributed by atoms with Crippen molar-refractivity contribution in [2.24, 2.45) is 0 Å². The van der Waals surface area contributed by atoms with Gasteiger partial charge in [0.05, 0.1) is 5.75 Å². The number of anilines is 1. The number of hydrogen-bond donors (Lipinski definition) is 1. The highest BCUT2D eigenvalue weighted by molar-refractivity contribution is 7.99. The second-order valence-electron chi connectivity index (χ2n) is 3.85. The van der Waals surface area contributed by atoms with E-state index in [1.807, 2.05) is 25.1 Å². The lowest BCUT2D eigenvalue weighted by molar-refractivity contribution is 0.600. The Labute approximate surface area is 101 Å². The van der Waals surface area contributed by atoms with Gasteiger partial charge >= 0.3 is 0 Å². The zero-order chi connectivity index (χ0) is 12.2. The van der Waals surface area contributed by atoms with Gasteiger partial charge in [-0.1, -0.05) is 0 Å². The molecule has 0 aliphatic carbocycles. The largest absolute Gasteiger partial charge is 0.399 e. The smallest absolute Gasteiger partial charge is 0.147 e. The lowest BCUT2D eigenvalue weighted by Crippen LogP contribution is -2.03. The molecule has 0 heterocycles. The van der Waals surface area contributed by atoms with E-state index in [2.05, 4.69) is 0 Å². The van der Waals surface area contributed by atoms with E-state index in [-0.39, 0.29) is 5.75 Å². The Morgan fingerprint density at radius 1 is 1.38 bits per heavy atom. The highest BCUT2D eigenvalue weighted by atomic mass is 32.2. The Morgan fingerprint density at radius 2 is 2.06 bits per heavy atom. The van der Waals surface area contributed by atoms with Gasteiger partial charge < -0.3 is 5.73 Å². The van der Waals surface area contributed by atoms with Gasteiger partial charge in [0.15, 0.2) is 0 Å². The van der Waals surface area contributed by atoms with Crippen LogP contribution in [0.5, 0.6) is 0 Å². The Hall–Kier alpha value is -0.680. The summed E-state index contributed by atoms with van der Waals surface area (Å²) in [6.45, 7) is 1.97. The molecule has 0 bridgehead atoms. The third-order valence-electron chi connectivity index (χ3n) is 2.17. The number of sulfone groups is 1. The molecule has 1 aromatic rings. The fourth-order valence-corrected chi connectivity index (χ4v) is 3.05. The molecule has 0 fully saturated rings.